The minimum Gasteiger partial charge on any atom is -0.488 e. The van der Waals surface area contributed by atoms with Gasteiger partial charge < -0.3 is 14.2 Å². The fraction of sp³-hybridized carbons (Fsp3) is 0.467. The van der Waals surface area contributed by atoms with Gasteiger partial charge in [0.05, 0.1) is 4.83 Å². The van der Waals surface area contributed by atoms with E-state index in [1.807, 2.05) is 25.1 Å². The summed E-state index contributed by atoms with van der Waals surface area (Å²) in [6, 6.07) is 8.41. The molecule has 2 heterocycles. The number of rotatable bonds is 4. The summed E-state index contributed by atoms with van der Waals surface area (Å²) in [5.74, 6) is -0.112. The van der Waals surface area contributed by atoms with Crippen LogP contribution in [0.25, 0.3) is 11.1 Å². The van der Waals surface area contributed by atoms with Crippen LogP contribution in [0.4, 0.5) is 4.79 Å². The highest BCUT2D eigenvalue weighted by molar-refractivity contribution is 9.10. The Balaban J connectivity index is 1.27. The number of Topliss-reactive ketones (excluding diaryl/α,β-unsaturated/α-hetero) is 2. The number of benzene rings is 2. The molecule has 8 nitrogen and oxygen atoms in total. The molecule has 0 N–H and O–H groups in total. The first-order valence-electron chi connectivity index (χ1n) is 13.2. The van der Waals surface area contributed by atoms with Crippen molar-refractivity contribution in [3.8, 4) is 16.9 Å². The maximum atomic E-state index is 13.0. The van der Waals surface area contributed by atoms with Gasteiger partial charge in [-0.15, -0.1) is 0 Å². The van der Waals surface area contributed by atoms with Crippen molar-refractivity contribution < 1.29 is 33.4 Å². The van der Waals surface area contributed by atoms with Crippen LogP contribution in [0.1, 0.15) is 72.4 Å². The second-order valence-electron chi connectivity index (χ2n) is 11.6. The Hall–Kier alpha value is -3.20. The lowest BCUT2D eigenvalue weighted by molar-refractivity contribution is -0.147. The molecule has 0 saturated carbocycles. The Kier molecular flexibility index (Phi) is 7.31. The third-order valence-corrected chi connectivity index (χ3v) is 8.15. The number of amides is 1. The second kappa shape index (κ2) is 10.4. The molecule has 0 spiro atoms. The molecule has 2 aromatic rings. The summed E-state index contributed by atoms with van der Waals surface area (Å²) in [5.41, 5.74) is 4.12. The van der Waals surface area contributed by atoms with Crippen LogP contribution in [0.15, 0.2) is 30.3 Å². The number of aryl methyl sites for hydroxylation is 1. The van der Waals surface area contributed by atoms with Crippen molar-refractivity contribution in [1.29, 1.82) is 0 Å². The zero-order chi connectivity index (χ0) is 28.1. The van der Waals surface area contributed by atoms with Crippen molar-refractivity contribution >= 4 is 39.6 Å². The smallest absolute Gasteiger partial charge is 0.411 e. The fourth-order valence-electron chi connectivity index (χ4n) is 5.39. The molecule has 206 valence electrons. The molecule has 0 aromatic heterocycles. The van der Waals surface area contributed by atoms with Gasteiger partial charge in [-0.2, -0.15) is 0 Å². The summed E-state index contributed by atoms with van der Waals surface area (Å²) in [7, 11) is 0. The number of nitrogens with zero attached hydrogens (tertiary/aromatic N) is 1. The quantitative estimate of drug-likeness (QED) is 0.260. The van der Waals surface area contributed by atoms with E-state index in [-0.39, 0.29) is 28.9 Å². The van der Waals surface area contributed by atoms with Gasteiger partial charge in [0, 0.05) is 23.2 Å². The number of carbonyl (C=O) groups is 4. The first-order chi connectivity index (χ1) is 18.4. The Morgan fingerprint density at radius 2 is 1.85 bits per heavy atom. The minimum absolute atomic E-state index is 0.0743. The Morgan fingerprint density at radius 1 is 1.08 bits per heavy atom. The van der Waals surface area contributed by atoms with E-state index in [9.17, 15) is 19.2 Å². The van der Waals surface area contributed by atoms with E-state index in [4.69, 9.17) is 14.2 Å². The number of alkyl halides is 1. The number of halogens is 1. The van der Waals surface area contributed by atoms with Crippen LogP contribution in [-0.4, -0.2) is 58.2 Å². The minimum atomic E-state index is -0.784. The predicted octanol–water partition coefficient (Wildman–Crippen LogP) is 5.51. The van der Waals surface area contributed by atoms with Crippen LogP contribution >= 0.6 is 15.9 Å². The molecule has 3 aliphatic rings. The number of likely N-dealkylation sites (tertiary alicyclic amines) is 1. The molecule has 0 radical (unpaired) electrons. The zero-order valence-corrected chi connectivity index (χ0v) is 24.1. The highest BCUT2D eigenvalue weighted by Crippen LogP contribution is 2.41. The third-order valence-electron chi connectivity index (χ3n) is 7.28. The maximum absolute atomic E-state index is 13.0. The molecule has 1 saturated heterocycles. The number of esters is 1. The summed E-state index contributed by atoms with van der Waals surface area (Å²) in [6.07, 6.45) is 1.44. The molecule has 1 aliphatic carbocycles. The standard InChI is InChI=1S/C30H32BrNO7/c1-16-9-24(32(13-16)29(36)39-30(2,3)4)28(35)38-15-25(33)18-5-7-20-19(10-18)14-37-26-12-21-17(11-22(20)26)6-8-23(31)27(21)34/h5,7,10-12,16,23-24H,6,8-9,13-15H2,1-4H3. The van der Waals surface area contributed by atoms with Gasteiger partial charge in [-0.3, -0.25) is 14.5 Å². The van der Waals surface area contributed by atoms with Gasteiger partial charge in [0.25, 0.3) is 0 Å². The highest BCUT2D eigenvalue weighted by atomic mass is 79.9. The number of hydrogen-bond donors (Lipinski definition) is 0. The first-order valence-corrected chi connectivity index (χ1v) is 14.1. The van der Waals surface area contributed by atoms with E-state index in [0.717, 1.165) is 35.1 Å². The van der Waals surface area contributed by atoms with Crippen molar-refractivity contribution in [2.45, 2.75) is 70.0 Å². The largest absolute Gasteiger partial charge is 0.488 e. The van der Waals surface area contributed by atoms with Gasteiger partial charge in [-0.1, -0.05) is 35.0 Å². The molecule has 3 atom stereocenters. The van der Waals surface area contributed by atoms with Crippen molar-refractivity contribution in [3.63, 3.8) is 0 Å². The topological polar surface area (TPSA) is 99.2 Å². The van der Waals surface area contributed by atoms with E-state index in [0.29, 0.717) is 29.8 Å². The van der Waals surface area contributed by atoms with Gasteiger partial charge >= 0.3 is 12.1 Å². The molecule has 9 heteroatoms. The summed E-state index contributed by atoms with van der Waals surface area (Å²) in [5, 5.41) is 0. The molecule has 2 aliphatic heterocycles. The number of ketones is 2. The van der Waals surface area contributed by atoms with Crippen molar-refractivity contribution in [2.24, 2.45) is 5.92 Å². The van der Waals surface area contributed by atoms with E-state index >= 15 is 0 Å². The van der Waals surface area contributed by atoms with Crippen molar-refractivity contribution in [2.75, 3.05) is 13.2 Å². The lowest BCUT2D eigenvalue weighted by Crippen LogP contribution is -2.44. The monoisotopic (exact) mass is 597 g/mol. The van der Waals surface area contributed by atoms with Crippen LogP contribution < -0.4 is 4.74 Å². The lowest BCUT2D eigenvalue weighted by atomic mass is 9.85. The van der Waals surface area contributed by atoms with Crippen molar-refractivity contribution in [1.82, 2.24) is 4.90 Å². The van der Waals surface area contributed by atoms with Crippen LogP contribution in [0.3, 0.4) is 0 Å². The molecule has 39 heavy (non-hydrogen) atoms. The summed E-state index contributed by atoms with van der Waals surface area (Å²) < 4.78 is 16.8. The summed E-state index contributed by atoms with van der Waals surface area (Å²) in [6.45, 7) is 7.49. The average molecular weight is 598 g/mol. The van der Waals surface area contributed by atoms with Crippen molar-refractivity contribution in [3.05, 3.63) is 52.6 Å². The Morgan fingerprint density at radius 3 is 2.59 bits per heavy atom. The maximum Gasteiger partial charge on any atom is 0.411 e. The van der Waals surface area contributed by atoms with Crippen LogP contribution in [0.2, 0.25) is 0 Å². The molecule has 2 aromatic carbocycles. The molecule has 3 unspecified atom stereocenters. The zero-order valence-electron chi connectivity index (χ0n) is 22.5. The number of carbonyl (C=O) groups excluding carboxylic acids is 4. The van der Waals surface area contributed by atoms with E-state index in [2.05, 4.69) is 15.9 Å². The van der Waals surface area contributed by atoms with Gasteiger partial charge in [-0.25, -0.2) is 9.59 Å². The number of hydrogen-bond acceptors (Lipinski definition) is 7. The normalized spacial score (nSPS) is 21.8. The molecule has 1 amide bonds. The summed E-state index contributed by atoms with van der Waals surface area (Å²) in [4.78, 5) is 52.2. The van der Waals surface area contributed by atoms with E-state index < -0.39 is 30.3 Å². The Labute approximate surface area is 236 Å². The van der Waals surface area contributed by atoms with E-state index in [1.54, 1.807) is 32.9 Å². The van der Waals surface area contributed by atoms with Gasteiger partial charge in [0.2, 0.25) is 0 Å². The molecule has 1 fully saturated rings. The third kappa shape index (κ3) is 5.60. The van der Waals surface area contributed by atoms with E-state index in [1.165, 1.54) is 4.90 Å². The number of fused-ring (bicyclic) bond motifs is 4. The predicted molar refractivity (Wildman–Crippen MR) is 147 cm³/mol. The SMILES string of the molecule is CC1CC(C(=O)OCC(=O)c2ccc3c(c2)COc2cc4c(cc2-3)CCC(Br)C4=O)N(C(=O)OC(C)(C)C)C1. The van der Waals surface area contributed by atoms with Crippen LogP contribution in [-0.2, 0) is 27.3 Å². The summed E-state index contributed by atoms with van der Waals surface area (Å²) >= 11 is 3.45. The van der Waals surface area contributed by atoms with Crippen LogP contribution in [0, 0.1) is 5.92 Å². The van der Waals surface area contributed by atoms with Gasteiger partial charge in [0.1, 0.15) is 24.0 Å². The first kappa shape index (κ1) is 27.4. The van der Waals surface area contributed by atoms with Crippen LogP contribution in [0.5, 0.6) is 5.75 Å². The fourth-order valence-corrected chi connectivity index (χ4v) is 5.86. The molecule has 0 bridgehead atoms. The second-order valence-corrected chi connectivity index (χ2v) is 12.7. The van der Waals surface area contributed by atoms with Gasteiger partial charge in [-0.05, 0) is 80.8 Å². The highest BCUT2D eigenvalue weighted by Gasteiger charge is 2.41. The Bertz CT molecular complexity index is 1360. The molecular weight excluding hydrogens is 566 g/mol. The lowest BCUT2D eigenvalue weighted by Gasteiger charge is -2.27. The molecule has 5 rings (SSSR count). The number of ether oxygens (including phenoxy) is 3. The average Bonchev–Trinajstić information content (AvgIpc) is 3.29. The van der Waals surface area contributed by atoms with Gasteiger partial charge in [0.15, 0.2) is 18.2 Å². The molecular formula is C30H32BrNO7.